The van der Waals surface area contributed by atoms with Gasteiger partial charge in [-0.15, -0.1) is 11.3 Å². The lowest BCUT2D eigenvalue weighted by molar-refractivity contribution is 0.0960. The number of nitrogens with one attached hydrogen (secondary N) is 2. The van der Waals surface area contributed by atoms with Crippen LogP contribution < -0.4 is 10.6 Å². The largest absolute Gasteiger partial charge is 0.352 e. The third-order valence-corrected chi connectivity index (χ3v) is 5.12. The van der Waals surface area contributed by atoms with Gasteiger partial charge >= 0.3 is 6.03 Å². The Bertz CT molecular complexity index is 535. The molecule has 1 aromatic heterocycles. The number of amides is 3. The van der Waals surface area contributed by atoms with Gasteiger partial charge in [0, 0.05) is 25.0 Å². The van der Waals surface area contributed by atoms with E-state index in [1.165, 1.54) is 37.0 Å². The summed E-state index contributed by atoms with van der Waals surface area (Å²) in [6.45, 7) is 5.21. The van der Waals surface area contributed by atoms with Crippen LogP contribution in [0.1, 0.15) is 47.2 Å². The SMILES string of the molecule is CCNC(=O)c1cc(NC(=O)N(C)CC2CCCC2)c(C)s1. The van der Waals surface area contributed by atoms with Crippen molar-refractivity contribution in [3.05, 3.63) is 15.8 Å². The molecule has 1 aliphatic carbocycles. The molecule has 22 heavy (non-hydrogen) atoms. The topological polar surface area (TPSA) is 61.4 Å². The molecule has 122 valence electrons. The molecule has 0 aromatic carbocycles. The van der Waals surface area contributed by atoms with Gasteiger partial charge in [0.1, 0.15) is 0 Å². The summed E-state index contributed by atoms with van der Waals surface area (Å²) in [5.74, 6) is 0.542. The lowest BCUT2D eigenvalue weighted by Crippen LogP contribution is -2.34. The fraction of sp³-hybridized carbons (Fsp3) is 0.625. The average molecular weight is 323 g/mol. The summed E-state index contributed by atoms with van der Waals surface area (Å²) >= 11 is 1.40. The molecule has 0 atom stereocenters. The second-order valence-corrected chi connectivity index (χ2v) is 7.16. The molecule has 0 aliphatic heterocycles. The fourth-order valence-corrected chi connectivity index (χ4v) is 3.73. The van der Waals surface area contributed by atoms with E-state index in [0.717, 1.165) is 17.1 Å². The minimum Gasteiger partial charge on any atom is -0.352 e. The zero-order valence-electron chi connectivity index (χ0n) is 13.6. The summed E-state index contributed by atoms with van der Waals surface area (Å²) in [6.07, 6.45) is 4.99. The zero-order chi connectivity index (χ0) is 16.1. The molecule has 2 rings (SSSR count). The van der Waals surface area contributed by atoms with Crippen LogP contribution in [0.3, 0.4) is 0 Å². The highest BCUT2D eigenvalue weighted by atomic mass is 32.1. The molecule has 3 amide bonds. The van der Waals surface area contributed by atoms with Gasteiger partial charge < -0.3 is 15.5 Å². The van der Waals surface area contributed by atoms with E-state index >= 15 is 0 Å². The predicted molar refractivity (Wildman–Crippen MR) is 90.7 cm³/mol. The van der Waals surface area contributed by atoms with Gasteiger partial charge in [-0.25, -0.2) is 4.79 Å². The van der Waals surface area contributed by atoms with E-state index in [2.05, 4.69) is 10.6 Å². The van der Waals surface area contributed by atoms with E-state index in [4.69, 9.17) is 0 Å². The van der Waals surface area contributed by atoms with Gasteiger partial charge in [0.15, 0.2) is 0 Å². The van der Waals surface area contributed by atoms with Crippen LogP contribution in [-0.4, -0.2) is 37.0 Å². The summed E-state index contributed by atoms with van der Waals surface area (Å²) in [6, 6.07) is 1.65. The minimum atomic E-state index is -0.102. The monoisotopic (exact) mass is 323 g/mol. The molecule has 2 N–H and O–H groups in total. The molecule has 0 bridgehead atoms. The highest BCUT2D eigenvalue weighted by Gasteiger charge is 2.20. The number of hydrogen-bond acceptors (Lipinski definition) is 3. The van der Waals surface area contributed by atoms with Gasteiger partial charge in [-0.05, 0) is 38.7 Å². The highest BCUT2D eigenvalue weighted by molar-refractivity contribution is 7.14. The Morgan fingerprint density at radius 3 is 2.68 bits per heavy atom. The van der Waals surface area contributed by atoms with Gasteiger partial charge in [0.05, 0.1) is 10.6 Å². The Morgan fingerprint density at radius 2 is 2.05 bits per heavy atom. The first-order valence-corrected chi connectivity index (χ1v) is 8.73. The van der Waals surface area contributed by atoms with Crippen LogP contribution in [0, 0.1) is 12.8 Å². The Hall–Kier alpha value is -1.56. The van der Waals surface area contributed by atoms with Crippen molar-refractivity contribution in [2.24, 2.45) is 5.92 Å². The van der Waals surface area contributed by atoms with E-state index in [9.17, 15) is 9.59 Å². The van der Waals surface area contributed by atoms with E-state index in [1.807, 2.05) is 20.9 Å². The number of carbonyl (C=O) groups is 2. The van der Waals surface area contributed by atoms with Gasteiger partial charge in [-0.1, -0.05) is 12.8 Å². The number of anilines is 1. The first-order valence-electron chi connectivity index (χ1n) is 7.92. The number of carbonyl (C=O) groups excluding carboxylic acids is 2. The van der Waals surface area contributed by atoms with Crippen molar-refractivity contribution in [1.82, 2.24) is 10.2 Å². The highest BCUT2D eigenvalue weighted by Crippen LogP contribution is 2.28. The van der Waals surface area contributed by atoms with E-state index in [1.54, 1.807) is 11.0 Å². The number of aryl methyl sites for hydroxylation is 1. The first-order chi connectivity index (χ1) is 10.5. The van der Waals surface area contributed by atoms with E-state index < -0.39 is 0 Å². The van der Waals surface area contributed by atoms with Crippen molar-refractivity contribution in [1.29, 1.82) is 0 Å². The van der Waals surface area contributed by atoms with Gasteiger partial charge in [0.25, 0.3) is 5.91 Å². The van der Waals surface area contributed by atoms with Crippen molar-refractivity contribution in [2.45, 2.75) is 39.5 Å². The van der Waals surface area contributed by atoms with Crippen LogP contribution in [0.5, 0.6) is 0 Å². The summed E-state index contributed by atoms with van der Waals surface area (Å²) in [4.78, 5) is 27.4. The maximum Gasteiger partial charge on any atom is 0.321 e. The molecule has 6 heteroatoms. The fourth-order valence-electron chi connectivity index (χ4n) is 2.84. The molecule has 5 nitrogen and oxygen atoms in total. The maximum absolute atomic E-state index is 12.3. The van der Waals surface area contributed by atoms with Crippen molar-refractivity contribution in [3.63, 3.8) is 0 Å². The number of rotatable bonds is 5. The van der Waals surface area contributed by atoms with Crippen molar-refractivity contribution < 1.29 is 9.59 Å². The minimum absolute atomic E-state index is 0.0876. The Kier molecular flexibility index (Phi) is 5.83. The predicted octanol–water partition coefficient (Wildman–Crippen LogP) is 3.46. The lowest BCUT2D eigenvalue weighted by atomic mass is 10.1. The molecular weight excluding hydrogens is 298 g/mol. The quantitative estimate of drug-likeness (QED) is 0.871. The van der Waals surface area contributed by atoms with Crippen LogP contribution in [0.25, 0.3) is 0 Å². The lowest BCUT2D eigenvalue weighted by Gasteiger charge is -2.21. The van der Waals surface area contributed by atoms with Crippen LogP contribution in [0.15, 0.2) is 6.07 Å². The van der Waals surface area contributed by atoms with Gasteiger partial charge in [-0.3, -0.25) is 4.79 Å². The summed E-state index contributed by atoms with van der Waals surface area (Å²) in [5, 5.41) is 5.69. The zero-order valence-corrected chi connectivity index (χ0v) is 14.4. The molecule has 1 aliphatic rings. The Balaban J connectivity index is 1.94. The third kappa shape index (κ3) is 4.22. The van der Waals surface area contributed by atoms with E-state index in [0.29, 0.717) is 17.3 Å². The summed E-state index contributed by atoms with van der Waals surface area (Å²) < 4.78 is 0. The molecule has 0 unspecified atom stereocenters. The van der Waals surface area contributed by atoms with Crippen LogP contribution in [0.2, 0.25) is 0 Å². The standard InChI is InChI=1S/C16H25N3O2S/c1-4-17-15(20)14-9-13(11(2)22-14)18-16(21)19(3)10-12-7-5-6-8-12/h9,12H,4-8,10H2,1-3H3,(H,17,20)(H,18,21). The molecule has 1 aromatic rings. The Morgan fingerprint density at radius 1 is 1.36 bits per heavy atom. The van der Waals surface area contributed by atoms with Gasteiger partial charge in [0.2, 0.25) is 0 Å². The van der Waals surface area contributed by atoms with Crippen LogP contribution in [0.4, 0.5) is 10.5 Å². The molecule has 1 fully saturated rings. The third-order valence-electron chi connectivity index (χ3n) is 4.07. The van der Waals surface area contributed by atoms with Crippen LogP contribution in [-0.2, 0) is 0 Å². The maximum atomic E-state index is 12.3. The molecule has 0 radical (unpaired) electrons. The van der Waals surface area contributed by atoms with Gasteiger partial charge in [-0.2, -0.15) is 0 Å². The second kappa shape index (κ2) is 7.63. The molecule has 0 saturated heterocycles. The van der Waals surface area contributed by atoms with Crippen molar-refractivity contribution in [2.75, 3.05) is 25.5 Å². The molecule has 1 heterocycles. The number of urea groups is 1. The smallest absolute Gasteiger partial charge is 0.321 e. The summed E-state index contributed by atoms with van der Waals surface area (Å²) in [5.41, 5.74) is 0.731. The molecular formula is C16H25N3O2S. The van der Waals surface area contributed by atoms with Crippen molar-refractivity contribution in [3.8, 4) is 0 Å². The summed E-state index contributed by atoms with van der Waals surface area (Å²) in [7, 11) is 1.83. The average Bonchev–Trinajstić information content (AvgIpc) is 3.10. The number of thiophene rings is 1. The van der Waals surface area contributed by atoms with Crippen LogP contribution >= 0.6 is 11.3 Å². The van der Waals surface area contributed by atoms with Crippen molar-refractivity contribution >= 4 is 29.0 Å². The normalized spacial score (nSPS) is 14.9. The Labute approximate surface area is 136 Å². The van der Waals surface area contributed by atoms with E-state index in [-0.39, 0.29) is 11.9 Å². The molecule has 1 saturated carbocycles. The number of hydrogen-bond donors (Lipinski definition) is 2. The molecule has 0 spiro atoms. The second-order valence-electron chi connectivity index (χ2n) is 5.90. The first kappa shape index (κ1) is 16.8. The number of nitrogens with zero attached hydrogens (tertiary/aromatic N) is 1.